The fraction of sp³-hybridized carbons (Fsp3) is 0.846. The Morgan fingerprint density at radius 2 is 2.22 bits per heavy atom. The number of amides is 1. The van der Waals surface area contributed by atoms with E-state index in [1.54, 1.807) is 18.7 Å². The summed E-state index contributed by atoms with van der Waals surface area (Å²) in [6.45, 7) is 4.39. The number of likely N-dealkylation sites (N-methyl/N-ethyl adjacent to an activating group) is 1. The molecule has 2 aliphatic rings. The maximum Gasteiger partial charge on any atom is 0.244 e. The Labute approximate surface area is 113 Å². The van der Waals surface area contributed by atoms with Crippen molar-refractivity contribution in [2.75, 3.05) is 19.8 Å². The van der Waals surface area contributed by atoms with Crippen LogP contribution in [0.25, 0.3) is 0 Å². The van der Waals surface area contributed by atoms with Crippen LogP contribution in [0.15, 0.2) is 0 Å². The summed E-state index contributed by atoms with van der Waals surface area (Å²) in [5.74, 6) is 0.227. The third kappa shape index (κ3) is 1.88. The topological polar surface area (TPSA) is 40.6 Å². The molecule has 18 heavy (non-hydrogen) atoms. The van der Waals surface area contributed by atoms with E-state index in [-0.39, 0.29) is 28.6 Å². The van der Waals surface area contributed by atoms with E-state index in [0.29, 0.717) is 0 Å². The van der Waals surface area contributed by atoms with Gasteiger partial charge in [0, 0.05) is 6.42 Å². The quantitative estimate of drug-likeness (QED) is 0.776. The molecule has 102 valence electrons. The van der Waals surface area contributed by atoms with E-state index in [1.165, 1.54) is 0 Å². The van der Waals surface area contributed by atoms with E-state index >= 15 is 0 Å². The van der Waals surface area contributed by atoms with Crippen LogP contribution >= 0.6 is 11.8 Å². The smallest absolute Gasteiger partial charge is 0.244 e. The second-order valence-electron chi connectivity index (χ2n) is 5.45. The molecule has 5 heteroatoms. The lowest BCUT2D eigenvalue weighted by Crippen LogP contribution is -2.51. The highest BCUT2D eigenvalue weighted by atomic mass is 32.2. The highest BCUT2D eigenvalue weighted by Crippen LogP contribution is 2.44. The third-order valence-electron chi connectivity index (χ3n) is 4.55. The summed E-state index contributed by atoms with van der Waals surface area (Å²) in [4.78, 5) is 28.4. The van der Waals surface area contributed by atoms with Gasteiger partial charge in [0.2, 0.25) is 5.91 Å². The van der Waals surface area contributed by atoms with Crippen LogP contribution in [-0.2, 0) is 9.59 Å². The highest BCUT2D eigenvalue weighted by Gasteiger charge is 2.56. The van der Waals surface area contributed by atoms with Crippen LogP contribution in [0.4, 0.5) is 0 Å². The van der Waals surface area contributed by atoms with Gasteiger partial charge in [-0.05, 0) is 46.5 Å². The fourth-order valence-corrected chi connectivity index (χ4v) is 4.15. The minimum absolute atomic E-state index is 0.0695. The summed E-state index contributed by atoms with van der Waals surface area (Å²) >= 11 is 1.68. The molecule has 4 nitrogen and oxygen atoms in total. The molecule has 2 aliphatic heterocycles. The SMILES string of the molecule is CSC1CC2(CCCN2C)C(=O)N1C(C)C(C)=O. The van der Waals surface area contributed by atoms with Gasteiger partial charge in [-0.2, -0.15) is 0 Å². The van der Waals surface area contributed by atoms with Crippen LogP contribution in [0.2, 0.25) is 0 Å². The molecular formula is C13H22N2O2S. The number of hydrogen-bond donors (Lipinski definition) is 0. The summed E-state index contributed by atoms with van der Waals surface area (Å²) in [7, 11) is 2.03. The van der Waals surface area contributed by atoms with Gasteiger partial charge in [-0.15, -0.1) is 11.8 Å². The molecule has 0 aliphatic carbocycles. The second-order valence-corrected chi connectivity index (χ2v) is 6.47. The lowest BCUT2D eigenvalue weighted by Gasteiger charge is -2.31. The first kappa shape index (κ1) is 13.9. The second kappa shape index (κ2) is 4.85. The van der Waals surface area contributed by atoms with Gasteiger partial charge in [0.15, 0.2) is 5.78 Å². The monoisotopic (exact) mass is 270 g/mol. The van der Waals surface area contributed by atoms with Crippen molar-refractivity contribution in [3.05, 3.63) is 0 Å². The van der Waals surface area contributed by atoms with Crippen LogP contribution in [-0.4, -0.2) is 58.3 Å². The standard InChI is InChI=1S/C13H22N2O2S/c1-9(10(2)16)15-11(18-4)8-13(12(15)17)6-5-7-14(13)3/h9,11H,5-8H2,1-4H3. The number of carbonyl (C=O) groups is 2. The molecule has 0 bridgehead atoms. The number of ketones is 1. The summed E-state index contributed by atoms with van der Waals surface area (Å²) in [6.07, 6.45) is 4.87. The van der Waals surface area contributed by atoms with E-state index in [2.05, 4.69) is 4.90 Å². The Morgan fingerprint density at radius 3 is 2.67 bits per heavy atom. The highest BCUT2D eigenvalue weighted by molar-refractivity contribution is 7.99. The molecule has 2 rings (SSSR count). The van der Waals surface area contributed by atoms with Crippen molar-refractivity contribution in [3.8, 4) is 0 Å². The van der Waals surface area contributed by atoms with Gasteiger partial charge < -0.3 is 4.90 Å². The van der Waals surface area contributed by atoms with Gasteiger partial charge in [0.05, 0.1) is 11.4 Å². The lowest BCUT2D eigenvalue weighted by molar-refractivity contribution is -0.141. The van der Waals surface area contributed by atoms with E-state index < -0.39 is 0 Å². The predicted molar refractivity (Wildman–Crippen MR) is 73.5 cm³/mol. The Balaban J connectivity index is 2.31. The lowest BCUT2D eigenvalue weighted by atomic mass is 9.94. The zero-order valence-electron chi connectivity index (χ0n) is 11.6. The van der Waals surface area contributed by atoms with Gasteiger partial charge in [0.1, 0.15) is 5.54 Å². The van der Waals surface area contributed by atoms with Crippen LogP contribution in [0, 0.1) is 0 Å². The molecule has 2 saturated heterocycles. The Bertz CT molecular complexity index is 374. The molecule has 0 radical (unpaired) electrons. The first-order valence-electron chi connectivity index (χ1n) is 6.51. The molecule has 0 aromatic carbocycles. The van der Waals surface area contributed by atoms with Crippen LogP contribution < -0.4 is 0 Å². The number of thioether (sulfide) groups is 1. The van der Waals surface area contributed by atoms with Crippen molar-refractivity contribution >= 4 is 23.5 Å². The molecular weight excluding hydrogens is 248 g/mol. The number of Topliss-reactive ketones (excluding diaryl/α,β-unsaturated/α-hetero) is 1. The molecule has 2 fully saturated rings. The molecule has 3 atom stereocenters. The van der Waals surface area contributed by atoms with Gasteiger partial charge in [-0.1, -0.05) is 0 Å². The van der Waals surface area contributed by atoms with E-state index in [1.807, 2.05) is 25.1 Å². The van der Waals surface area contributed by atoms with Crippen molar-refractivity contribution < 1.29 is 9.59 Å². The molecule has 1 spiro atoms. The van der Waals surface area contributed by atoms with Crippen LogP contribution in [0.3, 0.4) is 0 Å². The number of likely N-dealkylation sites (tertiary alicyclic amines) is 2. The number of hydrogen-bond acceptors (Lipinski definition) is 4. The van der Waals surface area contributed by atoms with E-state index in [0.717, 1.165) is 25.8 Å². The maximum absolute atomic E-state index is 12.8. The van der Waals surface area contributed by atoms with Crippen molar-refractivity contribution in [3.63, 3.8) is 0 Å². The summed E-state index contributed by atoms with van der Waals surface area (Å²) in [5.41, 5.74) is -0.336. The average Bonchev–Trinajstić information content (AvgIpc) is 2.83. The molecule has 2 heterocycles. The van der Waals surface area contributed by atoms with Crippen LogP contribution in [0.1, 0.15) is 33.1 Å². The largest absolute Gasteiger partial charge is 0.319 e. The predicted octanol–water partition coefficient (Wildman–Crippen LogP) is 1.35. The summed E-state index contributed by atoms with van der Waals surface area (Å²) in [5, 5.41) is 0.136. The minimum Gasteiger partial charge on any atom is -0.319 e. The van der Waals surface area contributed by atoms with Crippen molar-refractivity contribution in [1.29, 1.82) is 0 Å². The minimum atomic E-state index is -0.336. The molecule has 0 N–H and O–H groups in total. The van der Waals surface area contributed by atoms with Gasteiger partial charge >= 0.3 is 0 Å². The molecule has 3 unspecified atom stereocenters. The van der Waals surface area contributed by atoms with Gasteiger partial charge in [-0.25, -0.2) is 0 Å². The molecule has 0 aromatic rings. The van der Waals surface area contributed by atoms with Crippen molar-refractivity contribution in [2.24, 2.45) is 0 Å². The third-order valence-corrected chi connectivity index (χ3v) is 5.49. The average molecular weight is 270 g/mol. The zero-order valence-corrected chi connectivity index (χ0v) is 12.4. The van der Waals surface area contributed by atoms with Crippen LogP contribution in [0.5, 0.6) is 0 Å². The summed E-state index contributed by atoms with van der Waals surface area (Å²) in [6, 6.07) is -0.302. The zero-order chi connectivity index (χ0) is 13.5. The molecule has 0 aromatic heterocycles. The maximum atomic E-state index is 12.8. The first-order valence-corrected chi connectivity index (χ1v) is 7.80. The molecule has 1 amide bonds. The number of carbonyl (C=O) groups excluding carboxylic acids is 2. The Morgan fingerprint density at radius 1 is 1.56 bits per heavy atom. The normalized spacial score (nSPS) is 34.6. The van der Waals surface area contributed by atoms with Gasteiger partial charge in [-0.3, -0.25) is 14.5 Å². The number of nitrogens with zero attached hydrogens (tertiary/aromatic N) is 2. The van der Waals surface area contributed by atoms with Gasteiger partial charge in [0.25, 0.3) is 0 Å². The summed E-state index contributed by atoms with van der Waals surface area (Å²) < 4.78 is 0. The number of rotatable bonds is 3. The molecule has 0 saturated carbocycles. The Hall–Kier alpha value is -0.550. The Kier molecular flexibility index (Phi) is 3.74. The van der Waals surface area contributed by atoms with Crippen molar-refractivity contribution in [1.82, 2.24) is 9.80 Å². The van der Waals surface area contributed by atoms with E-state index in [4.69, 9.17) is 0 Å². The van der Waals surface area contributed by atoms with E-state index in [9.17, 15) is 9.59 Å². The van der Waals surface area contributed by atoms with Crippen molar-refractivity contribution in [2.45, 2.75) is 50.1 Å². The fourth-order valence-electron chi connectivity index (χ4n) is 3.21. The first-order chi connectivity index (χ1) is 8.44.